The molecule has 34 heavy (non-hydrogen) atoms. The first-order valence-electron chi connectivity index (χ1n) is 10.5. The zero-order valence-corrected chi connectivity index (χ0v) is 20.4. The van der Waals surface area contributed by atoms with E-state index in [1.54, 1.807) is 31.2 Å². The number of sulfonamides is 1. The van der Waals surface area contributed by atoms with Gasteiger partial charge in [-0.15, -0.1) is 0 Å². The minimum absolute atomic E-state index is 0.0409. The molecule has 0 saturated heterocycles. The van der Waals surface area contributed by atoms with Crippen LogP contribution < -0.4 is 14.4 Å². The molecule has 2 amide bonds. The Balaban J connectivity index is 2.17. The summed E-state index contributed by atoms with van der Waals surface area (Å²) in [6.07, 6.45) is 0.972. The molecule has 11 heteroatoms. The van der Waals surface area contributed by atoms with Crippen LogP contribution in [0.5, 0.6) is 5.75 Å². The third kappa shape index (κ3) is 7.14. The van der Waals surface area contributed by atoms with Gasteiger partial charge < -0.3 is 15.0 Å². The molecule has 0 aliphatic rings. The lowest BCUT2D eigenvalue weighted by Gasteiger charge is -2.29. The molecule has 1 atom stereocenters. The van der Waals surface area contributed by atoms with Gasteiger partial charge in [0.05, 0.1) is 19.1 Å². The highest BCUT2D eigenvalue weighted by Crippen LogP contribution is 2.22. The fourth-order valence-corrected chi connectivity index (χ4v) is 4.36. The summed E-state index contributed by atoms with van der Waals surface area (Å²) < 4.78 is 57.5. The van der Waals surface area contributed by atoms with Crippen molar-refractivity contribution >= 4 is 27.5 Å². The van der Waals surface area contributed by atoms with Crippen LogP contribution in [0.15, 0.2) is 42.5 Å². The number of halogens is 2. The number of likely N-dealkylation sites (N-methyl/N-ethyl adjacent to an activating group) is 1. The van der Waals surface area contributed by atoms with Crippen molar-refractivity contribution in [2.45, 2.75) is 32.4 Å². The number of benzene rings is 2. The normalized spacial score (nSPS) is 12.1. The van der Waals surface area contributed by atoms with E-state index in [1.807, 2.05) is 0 Å². The van der Waals surface area contributed by atoms with Crippen molar-refractivity contribution in [1.82, 2.24) is 10.2 Å². The van der Waals surface area contributed by atoms with E-state index in [0.29, 0.717) is 5.75 Å². The predicted octanol–water partition coefficient (Wildman–Crippen LogP) is 2.68. The van der Waals surface area contributed by atoms with Gasteiger partial charge in [0.25, 0.3) is 0 Å². The van der Waals surface area contributed by atoms with Crippen LogP contribution in [0, 0.1) is 11.6 Å². The SMILES string of the molecule is CNC(=O)[C@H](C)N(Cc1cccc(OC)c1)C(=O)CCCN(c1ccc(F)c(F)c1)S(C)(=O)=O. The number of carbonyl (C=O) groups excluding carboxylic acids is 2. The lowest BCUT2D eigenvalue weighted by Crippen LogP contribution is -2.46. The molecule has 0 saturated carbocycles. The van der Waals surface area contributed by atoms with Crippen molar-refractivity contribution in [2.75, 3.05) is 31.3 Å². The van der Waals surface area contributed by atoms with Gasteiger partial charge in [0.15, 0.2) is 11.6 Å². The minimum atomic E-state index is -3.81. The number of ether oxygens (including phenoxy) is 1. The molecule has 0 radical (unpaired) electrons. The van der Waals surface area contributed by atoms with Crippen LogP contribution >= 0.6 is 0 Å². The molecule has 2 aromatic carbocycles. The van der Waals surface area contributed by atoms with Crippen molar-refractivity contribution < 1.29 is 31.5 Å². The van der Waals surface area contributed by atoms with Crippen LogP contribution in [-0.4, -0.2) is 58.1 Å². The molecule has 2 rings (SSSR count). The number of amides is 2. The highest BCUT2D eigenvalue weighted by molar-refractivity contribution is 7.92. The summed E-state index contributed by atoms with van der Waals surface area (Å²) in [5.41, 5.74) is 0.712. The molecule has 0 bridgehead atoms. The highest BCUT2D eigenvalue weighted by atomic mass is 32.2. The third-order valence-corrected chi connectivity index (χ3v) is 6.44. The van der Waals surface area contributed by atoms with Gasteiger partial charge in [-0.1, -0.05) is 12.1 Å². The molecule has 0 fully saturated rings. The molecule has 186 valence electrons. The van der Waals surface area contributed by atoms with Gasteiger partial charge in [-0.05, 0) is 43.2 Å². The monoisotopic (exact) mass is 497 g/mol. The molecule has 0 aromatic heterocycles. The number of anilines is 1. The molecular weight excluding hydrogens is 468 g/mol. The zero-order chi connectivity index (χ0) is 25.5. The first-order chi connectivity index (χ1) is 16.0. The Hall–Kier alpha value is -3.21. The summed E-state index contributed by atoms with van der Waals surface area (Å²) in [5.74, 6) is -2.38. The second kappa shape index (κ2) is 11.8. The van der Waals surface area contributed by atoms with E-state index in [2.05, 4.69) is 5.32 Å². The summed E-state index contributed by atoms with van der Waals surface area (Å²) in [5, 5.41) is 2.52. The van der Waals surface area contributed by atoms with Crippen LogP contribution in [0.3, 0.4) is 0 Å². The number of hydrogen-bond acceptors (Lipinski definition) is 5. The van der Waals surface area contributed by atoms with Gasteiger partial charge in [-0.3, -0.25) is 13.9 Å². The second-order valence-corrected chi connectivity index (χ2v) is 9.61. The topological polar surface area (TPSA) is 96.0 Å². The average molecular weight is 498 g/mol. The van der Waals surface area contributed by atoms with Crippen molar-refractivity contribution in [3.8, 4) is 5.75 Å². The van der Waals surface area contributed by atoms with Crippen molar-refractivity contribution in [3.05, 3.63) is 59.7 Å². The number of methoxy groups -OCH3 is 1. The number of nitrogens with one attached hydrogen (secondary N) is 1. The Morgan fingerprint density at radius 2 is 1.82 bits per heavy atom. The number of rotatable bonds is 11. The molecule has 1 N–H and O–H groups in total. The van der Waals surface area contributed by atoms with Crippen LogP contribution in [-0.2, 0) is 26.2 Å². The largest absolute Gasteiger partial charge is 0.497 e. The maximum absolute atomic E-state index is 13.6. The van der Waals surface area contributed by atoms with Crippen molar-refractivity contribution in [2.24, 2.45) is 0 Å². The van der Waals surface area contributed by atoms with Gasteiger partial charge in [0.2, 0.25) is 21.8 Å². The molecule has 0 heterocycles. The third-order valence-electron chi connectivity index (χ3n) is 5.24. The van der Waals surface area contributed by atoms with E-state index in [0.717, 1.165) is 34.3 Å². The van der Waals surface area contributed by atoms with Gasteiger partial charge in [0.1, 0.15) is 11.8 Å². The maximum atomic E-state index is 13.6. The molecule has 0 aliphatic carbocycles. The maximum Gasteiger partial charge on any atom is 0.242 e. The Labute approximate surface area is 198 Å². The van der Waals surface area contributed by atoms with Crippen LogP contribution in [0.1, 0.15) is 25.3 Å². The lowest BCUT2D eigenvalue weighted by atomic mass is 10.1. The molecule has 0 spiro atoms. The zero-order valence-electron chi connectivity index (χ0n) is 19.5. The highest BCUT2D eigenvalue weighted by Gasteiger charge is 2.26. The number of hydrogen-bond donors (Lipinski definition) is 1. The Kier molecular flexibility index (Phi) is 9.36. The van der Waals surface area contributed by atoms with E-state index in [4.69, 9.17) is 4.74 Å². The van der Waals surface area contributed by atoms with E-state index >= 15 is 0 Å². The predicted molar refractivity (Wildman–Crippen MR) is 125 cm³/mol. The quantitative estimate of drug-likeness (QED) is 0.515. The summed E-state index contributed by atoms with van der Waals surface area (Å²) in [4.78, 5) is 26.7. The summed E-state index contributed by atoms with van der Waals surface area (Å²) >= 11 is 0. The number of nitrogens with zero attached hydrogens (tertiary/aromatic N) is 2. The second-order valence-electron chi connectivity index (χ2n) is 7.70. The van der Waals surface area contributed by atoms with Crippen LogP contribution in [0.2, 0.25) is 0 Å². The minimum Gasteiger partial charge on any atom is -0.497 e. The van der Waals surface area contributed by atoms with Crippen LogP contribution in [0.25, 0.3) is 0 Å². The molecule has 2 aromatic rings. The summed E-state index contributed by atoms with van der Waals surface area (Å²) in [6.45, 7) is 1.61. The average Bonchev–Trinajstić information content (AvgIpc) is 2.80. The molecule has 0 unspecified atom stereocenters. The van der Waals surface area contributed by atoms with Gasteiger partial charge in [-0.25, -0.2) is 17.2 Å². The first-order valence-corrected chi connectivity index (χ1v) is 12.4. The fraction of sp³-hybridized carbons (Fsp3) is 0.391. The Bertz CT molecular complexity index is 1130. The van der Waals surface area contributed by atoms with E-state index in [-0.39, 0.29) is 43.4 Å². The van der Waals surface area contributed by atoms with E-state index in [1.165, 1.54) is 19.1 Å². The van der Waals surface area contributed by atoms with Crippen molar-refractivity contribution in [3.63, 3.8) is 0 Å². The molecule has 0 aliphatic heterocycles. The first kappa shape index (κ1) is 27.0. The standard InChI is InChI=1S/C23H29F2N3O5S/c1-16(23(30)26-2)27(15-17-7-5-8-19(13-17)33-3)22(29)9-6-12-28(34(4,31)32)18-10-11-20(24)21(25)14-18/h5,7-8,10-11,13-14,16H,6,9,12,15H2,1-4H3,(H,26,30)/t16-/m0/s1. The van der Waals surface area contributed by atoms with Gasteiger partial charge in [0, 0.05) is 32.6 Å². The van der Waals surface area contributed by atoms with Gasteiger partial charge >= 0.3 is 0 Å². The fourth-order valence-electron chi connectivity index (χ4n) is 3.40. The summed E-state index contributed by atoms with van der Waals surface area (Å²) in [6, 6.07) is 9.10. The Morgan fingerprint density at radius 3 is 2.41 bits per heavy atom. The van der Waals surface area contributed by atoms with E-state index in [9.17, 15) is 26.8 Å². The van der Waals surface area contributed by atoms with E-state index < -0.39 is 27.7 Å². The van der Waals surface area contributed by atoms with Crippen LogP contribution in [0.4, 0.5) is 14.5 Å². The van der Waals surface area contributed by atoms with Gasteiger partial charge in [-0.2, -0.15) is 0 Å². The number of carbonyl (C=O) groups is 2. The van der Waals surface area contributed by atoms with Crippen molar-refractivity contribution in [1.29, 1.82) is 0 Å². The Morgan fingerprint density at radius 1 is 1.12 bits per heavy atom. The molecular formula is C23H29F2N3O5S. The summed E-state index contributed by atoms with van der Waals surface area (Å²) in [7, 11) is -0.820. The smallest absolute Gasteiger partial charge is 0.242 e. The molecule has 8 nitrogen and oxygen atoms in total. The lowest BCUT2D eigenvalue weighted by molar-refractivity contribution is -0.140.